The number of ether oxygens (including phenoxy) is 1. The maximum Gasteiger partial charge on any atom is 0.158 e. The van der Waals surface area contributed by atoms with Crippen LogP contribution in [0.25, 0.3) is 0 Å². The van der Waals surface area contributed by atoms with Crippen LogP contribution < -0.4 is 16.2 Å². The topological polar surface area (TPSA) is 79.5 Å². The van der Waals surface area contributed by atoms with Crippen molar-refractivity contribution in [3.05, 3.63) is 11.9 Å². The average molecular weight is 294 g/mol. The molecule has 0 bridgehead atoms. The first-order valence-electron chi connectivity index (χ1n) is 7.44. The van der Waals surface area contributed by atoms with E-state index in [0.29, 0.717) is 30.8 Å². The number of likely N-dealkylation sites (tertiary alicyclic amines) is 1. The lowest BCUT2D eigenvalue weighted by molar-refractivity contribution is 0.128. The van der Waals surface area contributed by atoms with Gasteiger partial charge in [-0.1, -0.05) is 0 Å². The molecule has 1 aliphatic heterocycles. The van der Waals surface area contributed by atoms with E-state index >= 15 is 0 Å². The minimum Gasteiger partial charge on any atom is -0.374 e. The largest absolute Gasteiger partial charge is 0.374 e. The van der Waals surface area contributed by atoms with E-state index in [1.807, 2.05) is 13.0 Å². The summed E-state index contributed by atoms with van der Waals surface area (Å²) >= 11 is 0. The summed E-state index contributed by atoms with van der Waals surface area (Å²) in [6.07, 6.45) is 1.24. The van der Waals surface area contributed by atoms with Crippen LogP contribution in [0, 0.1) is 5.92 Å². The molecule has 118 valence electrons. The van der Waals surface area contributed by atoms with Gasteiger partial charge in [0, 0.05) is 32.8 Å². The third-order valence-electron chi connectivity index (χ3n) is 3.75. The first-order chi connectivity index (χ1) is 10.1. The van der Waals surface area contributed by atoms with Gasteiger partial charge in [0.15, 0.2) is 5.82 Å². The van der Waals surface area contributed by atoms with Gasteiger partial charge >= 0.3 is 0 Å². The molecule has 21 heavy (non-hydrogen) atoms. The van der Waals surface area contributed by atoms with Gasteiger partial charge in [-0.25, -0.2) is 15.8 Å². The fraction of sp³-hybridized carbons (Fsp3) is 0.714. The third-order valence-corrected chi connectivity index (χ3v) is 3.75. The maximum absolute atomic E-state index is 5.49. The number of nitrogen functional groups attached to an aromatic ring is 1. The lowest BCUT2D eigenvalue weighted by Gasteiger charge is -2.23. The van der Waals surface area contributed by atoms with Crippen molar-refractivity contribution in [1.29, 1.82) is 0 Å². The molecule has 0 radical (unpaired) electrons. The Morgan fingerprint density at radius 2 is 2.33 bits per heavy atom. The molecule has 1 atom stereocenters. The third kappa shape index (κ3) is 4.52. The number of aromatic nitrogens is 2. The summed E-state index contributed by atoms with van der Waals surface area (Å²) < 4.78 is 5.38. The fourth-order valence-electron chi connectivity index (χ4n) is 2.67. The molecule has 1 aliphatic rings. The summed E-state index contributed by atoms with van der Waals surface area (Å²) in [7, 11) is 4.23. The van der Waals surface area contributed by atoms with Gasteiger partial charge in [-0.2, -0.15) is 0 Å². The molecule has 2 rings (SSSR count). The average Bonchev–Trinajstić information content (AvgIpc) is 2.89. The number of anilines is 2. The number of nitrogens with one attached hydrogen (secondary N) is 1. The molecular weight excluding hydrogens is 268 g/mol. The molecule has 7 heteroatoms. The first kappa shape index (κ1) is 15.9. The van der Waals surface area contributed by atoms with Crippen LogP contribution in [0.3, 0.4) is 0 Å². The molecule has 1 fully saturated rings. The zero-order valence-electron chi connectivity index (χ0n) is 13.2. The number of hydrogen-bond acceptors (Lipinski definition) is 7. The van der Waals surface area contributed by atoms with Gasteiger partial charge in [0.2, 0.25) is 0 Å². The summed E-state index contributed by atoms with van der Waals surface area (Å²) in [6.45, 7) is 6.30. The predicted octanol–water partition coefficient (Wildman–Crippen LogP) is 0.687. The Morgan fingerprint density at radius 3 is 2.95 bits per heavy atom. The minimum atomic E-state index is 0.402. The van der Waals surface area contributed by atoms with Crippen molar-refractivity contribution >= 4 is 11.6 Å². The van der Waals surface area contributed by atoms with E-state index in [1.54, 1.807) is 0 Å². The zero-order valence-corrected chi connectivity index (χ0v) is 13.2. The SMILES string of the molecule is CCOCc1nc(NN)cc(N(C)CC2CCN(C)C2)n1. The monoisotopic (exact) mass is 294 g/mol. The molecular formula is C14H26N6O. The Hall–Kier alpha value is -1.44. The van der Waals surface area contributed by atoms with Crippen LogP contribution in [0.1, 0.15) is 19.2 Å². The van der Waals surface area contributed by atoms with Crippen molar-refractivity contribution in [1.82, 2.24) is 14.9 Å². The second-order valence-electron chi connectivity index (χ2n) is 5.61. The Bertz CT molecular complexity index is 455. The number of nitrogens with two attached hydrogens (primary N) is 1. The van der Waals surface area contributed by atoms with Crippen molar-refractivity contribution in [3.63, 3.8) is 0 Å². The highest BCUT2D eigenvalue weighted by Gasteiger charge is 2.21. The molecule has 0 aliphatic carbocycles. The van der Waals surface area contributed by atoms with Gasteiger partial charge in [-0.3, -0.25) is 0 Å². The summed E-state index contributed by atoms with van der Waals surface area (Å²) in [6, 6.07) is 1.87. The van der Waals surface area contributed by atoms with Gasteiger partial charge in [-0.05, 0) is 32.9 Å². The Balaban J connectivity index is 2.05. The van der Waals surface area contributed by atoms with Crippen LogP contribution in [0.2, 0.25) is 0 Å². The standard InChI is InChI=1S/C14H26N6O/c1-4-21-10-13-16-12(18-15)7-14(17-13)20(3)9-11-5-6-19(2)8-11/h7,11H,4-6,8-10,15H2,1-3H3,(H,16,17,18). The van der Waals surface area contributed by atoms with Crippen molar-refractivity contribution in [2.45, 2.75) is 20.0 Å². The molecule has 0 aromatic carbocycles. The van der Waals surface area contributed by atoms with Crippen molar-refractivity contribution < 1.29 is 4.74 Å². The highest BCUT2D eigenvalue weighted by atomic mass is 16.5. The van der Waals surface area contributed by atoms with Crippen molar-refractivity contribution in [2.24, 2.45) is 11.8 Å². The summed E-state index contributed by atoms with van der Waals surface area (Å²) in [5.41, 5.74) is 2.60. The molecule has 1 aromatic heterocycles. The van der Waals surface area contributed by atoms with Gasteiger partial charge in [0.25, 0.3) is 0 Å². The minimum absolute atomic E-state index is 0.402. The number of rotatable bonds is 7. The Morgan fingerprint density at radius 1 is 1.52 bits per heavy atom. The van der Waals surface area contributed by atoms with Crippen LogP contribution in [-0.2, 0) is 11.3 Å². The zero-order chi connectivity index (χ0) is 15.2. The molecule has 1 saturated heterocycles. The van der Waals surface area contributed by atoms with Gasteiger partial charge < -0.3 is 20.0 Å². The van der Waals surface area contributed by atoms with E-state index in [-0.39, 0.29) is 0 Å². The first-order valence-corrected chi connectivity index (χ1v) is 7.44. The van der Waals surface area contributed by atoms with Crippen molar-refractivity contribution in [2.75, 3.05) is 50.7 Å². The number of hydrogen-bond donors (Lipinski definition) is 2. The van der Waals surface area contributed by atoms with Crippen LogP contribution in [0.4, 0.5) is 11.6 Å². The molecule has 2 heterocycles. The van der Waals surface area contributed by atoms with Crippen LogP contribution in [0.15, 0.2) is 6.07 Å². The highest BCUT2D eigenvalue weighted by molar-refractivity contribution is 5.48. The normalized spacial score (nSPS) is 19.0. The van der Waals surface area contributed by atoms with Gasteiger partial charge in [-0.15, -0.1) is 0 Å². The molecule has 0 saturated carbocycles. The van der Waals surface area contributed by atoms with Gasteiger partial charge in [0.1, 0.15) is 18.2 Å². The Kier molecular flexibility index (Phi) is 5.72. The summed E-state index contributed by atoms with van der Waals surface area (Å²) in [5.74, 6) is 8.32. The lowest BCUT2D eigenvalue weighted by atomic mass is 10.1. The fourth-order valence-corrected chi connectivity index (χ4v) is 2.67. The van der Waals surface area contributed by atoms with Gasteiger partial charge in [0.05, 0.1) is 0 Å². The lowest BCUT2D eigenvalue weighted by Crippen LogP contribution is -2.28. The quantitative estimate of drug-likeness (QED) is 0.565. The number of nitrogens with zero attached hydrogens (tertiary/aromatic N) is 4. The summed E-state index contributed by atoms with van der Waals surface area (Å²) in [5, 5.41) is 0. The maximum atomic E-state index is 5.49. The molecule has 1 unspecified atom stereocenters. The van der Waals surface area contributed by atoms with E-state index in [0.717, 1.165) is 18.9 Å². The van der Waals surface area contributed by atoms with Crippen LogP contribution in [-0.4, -0.2) is 55.2 Å². The molecule has 1 aromatic rings. The molecule has 7 nitrogen and oxygen atoms in total. The number of hydrazine groups is 1. The predicted molar refractivity (Wildman–Crippen MR) is 84.0 cm³/mol. The molecule has 3 N–H and O–H groups in total. The van der Waals surface area contributed by atoms with E-state index in [4.69, 9.17) is 10.6 Å². The smallest absolute Gasteiger partial charge is 0.158 e. The summed E-state index contributed by atoms with van der Waals surface area (Å²) in [4.78, 5) is 13.4. The second-order valence-corrected chi connectivity index (χ2v) is 5.61. The second kappa shape index (κ2) is 7.53. The van der Waals surface area contributed by atoms with E-state index < -0.39 is 0 Å². The van der Waals surface area contributed by atoms with E-state index in [9.17, 15) is 0 Å². The van der Waals surface area contributed by atoms with Crippen molar-refractivity contribution in [3.8, 4) is 0 Å². The molecule has 0 amide bonds. The molecule has 0 spiro atoms. The highest BCUT2D eigenvalue weighted by Crippen LogP contribution is 2.20. The van der Waals surface area contributed by atoms with Crippen LogP contribution in [0.5, 0.6) is 0 Å². The van der Waals surface area contributed by atoms with E-state index in [2.05, 4.69) is 39.3 Å². The van der Waals surface area contributed by atoms with Crippen LogP contribution >= 0.6 is 0 Å². The Labute approximate surface area is 126 Å². The van der Waals surface area contributed by atoms with E-state index in [1.165, 1.54) is 13.0 Å².